The number of halogens is 4. The summed E-state index contributed by atoms with van der Waals surface area (Å²) in [6.45, 7) is 19.6. The van der Waals surface area contributed by atoms with Crippen LogP contribution in [0.4, 0.5) is 17.6 Å². The highest BCUT2D eigenvalue weighted by molar-refractivity contribution is 7.80. The van der Waals surface area contributed by atoms with E-state index in [2.05, 4.69) is 72.8 Å². The first-order valence-corrected chi connectivity index (χ1v) is 21.7. The predicted octanol–water partition coefficient (Wildman–Crippen LogP) is 10.6. The summed E-state index contributed by atoms with van der Waals surface area (Å²) >= 11 is 0. The summed E-state index contributed by atoms with van der Waals surface area (Å²) in [6, 6.07) is 29.0. The van der Waals surface area contributed by atoms with Crippen molar-refractivity contribution in [3.05, 3.63) is 141 Å². The van der Waals surface area contributed by atoms with Crippen LogP contribution in [0.25, 0.3) is 11.1 Å². The highest BCUT2D eigenvalue weighted by Crippen LogP contribution is 2.58. The van der Waals surface area contributed by atoms with E-state index in [9.17, 15) is 0 Å². The average molecular weight is 823 g/mol. The molecule has 0 radical (unpaired) electrons. The number of benzene rings is 6. The minimum Gasteiger partial charge on any atom is -0.395 e. The lowest BCUT2D eigenvalue weighted by atomic mass is 9.98. The molecule has 10 heteroatoms. The Morgan fingerprint density at radius 2 is 0.552 bits per heavy atom. The quantitative estimate of drug-likeness (QED) is 0.119. The summed E-state index contributed by atoms with van der Waals surface area (Å²) < 4.78 is 84.1. The lowest BCUT2D eigenvalue weighted by molar-refractivity contribution is -0.288. The SMILES string of the molecule is Cc1cc(C)cc(P(c2cc(C)cc(C)c2)c2cc(C)c3c(c2-c2c(P(c4cc(C)cc(C)c4)c4cc(C)cc(C)c4)cc(C)c4c2OC(F)(F)O4)OC(F)(F)O3)c1. The van der Waals surface area contributed by atoms with Crippen LogP contribution in [0.5, 0.6) is 23.0 Å². The molecule has 0 amide bonds. The molecule has 0 bridgehead atoms. The van der Waals surface area contributed by atoms with Crippen molar-refractivity contribution in [2.75, 3.05) is 0 Å². The van der Waals surface area contributed by atoms with E-state index in [-0.39, 0.29) is 34.1 Å². The van der Waals surface area contributed by atoms with Gasteiger partial charge in [0.25, 0.3) is 0 Å². The Morgan fingerprint density at radius 3 is 0.793 bits per heavy atom. The number of fused-ring (bicyclic) bond motifs is 2. The van der Waals surface area contributed by atoms with E-state index in [1.807, 2.05) is 67.5 Å². The lowest BCUT2D eigenvalue weighted by Crippen LogP contribution is -2.29. The van der Waals surface area contributed by atoms with Gasteiger partial charge in [0.1, 0.15) is 0 Å². The van der Waals surface area contributed by atoms with Crippen molar-refractivity contribution in [3.63, 3.8) is 0 Å². The Bertz CT molecular complexity index is 2310. The minimum atomic E-state index is -4.02. The van der Waals surface area contributed by atoms with Crippen molar-refractivity contribution in [1.82, 2.24) is 0 Å². The first-order chi connectivity index (χ1) is 27.3. The molecule has 4 nitrogen and oxygen atoms in total. The van der Waals surface area contributed by atoms with Gasteiger partial charge >= 0.3 is 12.6 Å². The van der Waals surface area contributed by atoms with Crippen molar-refractivity contribution in [3.8, 4) is 34.1 Å². The third-order valence-corrected chi connectivity index (χ3v) is 15.0. The van der Waals surface area contributed by atoms with Crippen LogP contribution in [-0.2, 0) is 0 Å². The number of hydrogen-bond donors (Lipinski definition) is 0. The van der Waals surface area contributed by atoms with Crippen LogP contribution in [-0.4, -0.2) is 12.6 Å². The van der Waals surface area contributed by atoms with Crippen LogP contribution in [0.1, 0.15) is 55.6 Å². The molecule has 0 aliphatic carbocycles. The van der Waals surface area contributed by atoms with Crippen LogP contribution in [0.15, 0.2) is 84.9 Å². The topological polar surface area (TPSA) is 36.9 Å². The fraction of sp³-hybridized carbons (Fsp3) is 0.250. The molecule has 8 rings (SSSR count). The van der Waals surface area contributed by atoms with E-state index in [0.717, 1.165) is 65.7 Å². The standard InChI is InChI=1S/C48H44F4O4P2/c1-25-11-26(2)16-35(15-25)57(36-17-27(3)12-28(4)18-36)39-23-33(9)43-45(55-47(49,50)53-43)41(39)42-40(24-34(10)44-46(42)56-48(51,52)54-44)58(37-19-29(5)13-30(6)20-37)38-21-31(7)14-32(8)22-38/h11-24H,1-10H3. The Hall–Kier alpha value is -4.90. The molecule has 298 valence electrons. The predicted molar refractivity (Wildman–Crippen MR) is 229 cm³/mol. The Balaban J connectivity index is 1.58. The van der Waals surface area contributed by atoms with Gasteiger partial charge in [0, 0.05) is 11.1 Å². The number of aryl methyl sites for hydroxylation is 10. The molecule has 0 N–H and O–H groups in total. The largest absolute Gasteiger partial charge is 0.586 e. The van der Waals surface area contributed by atoms with Gasteiger partial charge in [-0.15, -0.1) is 17.6 Å². The molecule has 6 aromatic rings. The highest BCUT2D eigenvalue weighted by Gasteiger charge is 2.51. The van der Waals surface area contributed by atoms with Crippen molar-refractivity contribution >= 4 is 47.7 Å². The van der Waals surface area contributed by atoms with Crippen molar-refractivity contribution < 1.29 is 36.5 Å². The molecule has 0 spiro atoms. The van der Waals surface area contributed by atoms with E-state index in [0.29, 0.717) is 21.7 Å². The van der Waals surface area contributed by atoms with E-state index < -0.39 is 28.4 Å². The second-order valence-corrected chi connectivity index (χ2v) is 20.3. The van der Waals surface area contributed by atoms with E-state index in [1.165, 1.54) is 0 Å². The molecule has 0 saturated heterocycles. The third kappa shape index (κ3) is 7.46. The first-order valence-electron chi connectivity index (χ1n) is 19.1. The molecule has 6 aromatic carbocycles. The maximum Gasteiger partial charge on any atom is 0.586 e. The highest BCUT2D eigenvalue weighted by atomic mass is 31.1. The molecular weight excluding hydrogens is 778 g/mol. The monoisotopic (exact) mass is 822 g/mol. The van der Waals surface area contributed by atoms with Crippen molar-refractivity contribution in [1.29, 1.82) is 0 Å². The van der Waals surface area contributed by atoms with Gasteiger partial charge < -0.3 is 18.9 Å². The minimum absolute atomic E-state index is 0.160. The van der Waals surface area contributed by atoms with Gasteiger partial charge in [-0.2, -0.15) is 0 Å². The summed E-state index contributed by atoms with van der Waals surface area (Å²) in [5, 5.41) is 5.10. The number of alkyl halides is 4. The third-order valence-electron chi connectivity index (χ3n) is 10.3. The number of rotatable bonds is 7. The van der Waals surface area contributed by atoms with Gasteiger partial charge in [0.05, 0.1) is 0 Å². The van der Waals surface area contributed by atoms with Crippen molar-refractivity contribution in [2.24, 2.45) is 0 Å². The Labute approximate surface area is 339 Å². The van der Waals surface area contributed by atoms with E-state index >= 15 is 17.6 Å². The fourth-order valence-electron chi connectivity index (χ4n) is 8.48. The second kappa shape index (κ2) is 14.4. The van der Waals surface area contributed by atoms with Crippen LogP contribution < -0.4 is 50.8 Å². The van der Waals surface area contributed by atoms with E-state index in [1.54, 1.807) is 13.8 Å². The normalized spacial score (nSPS) is 14.8. The molecule has 0 atom stereocenters. The van der Waals surface area contributed by atoms with Gasteiger partial charge in [-0.3, -0.25) is 0 Å². The van der Waals surface area contributed by atoms with Crippen LogP contribution in [0.2, 0.25) is 0 Å². The molecule has 0 saturated carbocycles. The van der Waals surface area contributed by atoms with Gasteiger partial charge in [-0.05, 0) is 140 Å². The Kier molecular flexibility index (Phi) is 9.93. The fourth-order valence-corrected chi connectivity index (χ4v) is 14.4. The van der Waals surface area contributed by atoms with E-state index in [4.69, 9.17) is 18.9 Å². The molecule has 58 heavy (non-hydrogen) atoms. The molecule has 0 unspecified atom stereocenters. The number of ether oxygens (including phenoxy) is 4. The Morgan fingerprint density at radius 1 is 0.328 bits per heavy atom. The zero-order valence-corrected chi connectivity index (χ0v) is 35.9. The van der Waals surface area contributed by atoms with Gasteiger partial charge in [0.15, 0.2) is 23.0 Å². The van der Waals surface area contributed by atoms with Gasteiger partial charge in [-0.25, -0.2) is 0 Å². The summed E-state index contributed by atoms with van der Waals surface area (Å²) in [5.74, 6) is -0.786. The average Bonchev–Trinajstić information content (AvgIpc) is 3.59. The van der Waals surface area contributed by atoms with Crippen LogP contribution in [0.3, 0.4) is 0 Å². The molecular formula is C48H44F4O4P2. The van der Waals surface area contributed by atoms with Gasteiger partial charge in [-0.1, -0.05) is 117 Å². The summed E-state index contributed by atoms with van der Waals surface area (Å²) in [6.07, 6.45) is -8.05. The van der Waals surface area contributed by atoms with Crippen LogP contribution >= 0.6 is 15.8 Å². The maximum absolute atomic E-state index is 15.6. The lowest BCUT2D eigenvalue weighted by Gasteiger charge is -2.29. The molecule has 2 aliphatic rings. The summed E-state index contributed by atoms with van der Waals surface area (Å²) in [5.41, 5.74) is 9.47. The van der Waals surface area contributed by atoms with Crippen LogP contribution in [0, 0.1) is 69.2 Å². The number of hydrogen-bond acceptors (Lipinski definition) is 4. The molecule has 0 aromatic heterocycles. The zero-order valence-electron chi connectivity index (χ0n) is 34.1. The van der Waals surface area contributed by atoms with Crippen molar-refractivity contribution in [2.45, 2.75) is 81.8 Å². The molecule has 2 heterocycles. The maximum atomic E-state index is 15.6. The zero-order chi connectivity index (χ0) is 41.6. The summed E-state index contributed by atoms with van der Waals surface area (Å²) in [4.78, 5) is 0. The smallest absolute Gasteiger partial charge is 0.395 e. The van der Waals surface area contributed by atoms with Gasteiger partial charge in [0.2, 0.25) is 0 Å². The molecule has 0 fully saturated rings. The summed E-state index contributed by atoms with van der Waals surface area (Å²) in [7, 11) is -3.13. The second-order valence-electron chi connectivity index (χ2n) is 15.9. The molecule has 2 aliphatic heterocycles. The first kappa shape index (κ1) is 39.9.